The van der Waals surface area contributed by atoms with Crippen molar-refractivity contribution < 1.29 is 18.0 Å². The molecule has 1 heterocycles. The van der Waals surface area contributed by atoms with Crippen LogP contribution in [0.15, 0.2) is 29.2 Å². The van der Waals surface area contributed by atoms with Gasteiger partial charge in [-0.05, 0) is 49.9 Å². The van der Waals surface area contributed by atoms with Gasteiger partial charge in [0.2, 0.25) is 21.8 Å². The third-order valence-electron chi connectivity index (χ3n) is 4.54. The fourth-order valence-electron chi connectivity index (χ4n) is 3.01. The van der Waals surface area contributed by atoms with Crippen LogP contribution in [0.5, 0.6) is 0 Å². The number of nitrogens with zero attached hydrogens (tertiary/aromatic N) is 1. The Morgan fingerprint density at radius 3 is 2.16 bits per heavy atom. The highest BCUT2D eigenvalue weighted by molar-refractivity contribution is 7.89. The molecule has 1 saturated heterocycles. The van der Waals surface area contributed by atoms with Crippen LogP contribution in [0.25, 0.3) is 0 Å². The zero-order valence-corrected chi connectivity index (χ0v) is 15.0. The van der Waals surface area contributed by atoms with Gasteiger partial charge in [0.1, 0.15) is 0 Å². The van der Waals surface area contributed by atoms with Crippen LogP contribution in [0.3, 0.4) is 0 Å². The van der Waals surface area contributed by atoms with Crippen LogP contribution < -0.4 is 10.0 Å². The lowest BCUT2D eigenvalue weighted by molar-refractivity contribution is -0.133. The van der Waals surface area contributed by atoms with Crippen LogP contribution in [0, 0.1) is 5.92 Å². The maximum absolute atomic E-state index is 12.5. The Bertz CT molecular complexity index is 749. The van der Waals surface area contributed by atoms with Crippen LogP contribution in [0.4, 0.5) is 5.69 Å². The van der Waals surface area contributed by atoms with Crippen LogP contribution in [-0.2, 0) is 19.6 Å². The quantitative estimate of drug-likeness (QED) is 0.823. The highest BCUT2D eigenvalue weighted by Gasteiger charge is 2.35. The first kappa shape index (κ1) is 17.9. The second-order valence-electron chi connectivity index (χ2n) is 6.70. The van der Waals surface area contributed by atoms with E-state index in [1.807, 2.05) is 4.90 Å². The SMILES string of the molecule is CC(=O)Nc1ccc(S(=O)(=O)NC2CCN(C(=O)C3CC3)CC2)cc1. The predicted molar refractivity (Wildman–Crippen MR) is 93.4 cm³/mol. The molecule has 0 radical (unpaired) electrons. The Hall–Kier alpha value is -1.93. The van der Waals surface area contributed by atoms with E-state index in [9.17, 15) is 18.0 Å². The molecule has 2 amide bonds. The van der Waals surface area contributed by atoms with Crippen LogP contribution in [0.2, 0.25) is 0 Å². The number of piperidine rings is 1. The van der Waals surface area contributed by atoms with Gasteiger partial charge in [-0.15, -0.1) is 0 Å². The molecule has 2 aliphatic rings. The highest BCUT2D eigenvalue weighted by Crippen LogP contribution is 2.32. The lowest BCUT2D eigenvalue weighted by atomic mass is 10.1. The van der Waals surface area contributed by atoms with Gasteiger partial charge < -0.3 is 10.2 Å². The van der Waals surface area contributed by atoms with Crippen molar-refractivity contribution in [1.29, 1.82) is 0 Å². The molecule has 1 saturated carbocycles. The van der Waals surface area contributed by atoms with Gasteiger partial charge in [-0.25, -0.2) is 13.1 Å². The van der Waals surface area contributed by atoms with Crippen LogP contribution >= 0.6 is 0 Å². The molecule has 0 unspecified atom stereocenters. The number of hydrogen-bond acceptors (Lipinski definition) is 4. The summed E-state index contributed by atoms with van der Waals surface area (Å²) in [5.41, 5.74) is 0.554. The van der Waals surface area contributed by atoms with Crippen molar-refractivity contribution in [3.8, 4) is 0 Å². The van der Waals surface area contributed by atoms with E-state index in [0.717, 1.165) is 12.8 Å². The normalized spacial score (nSPS) is 18.8. The molecule has 7 nitrogen and oxygen atoms in total. The minimum atomic E-state index is -3.61. The molecule has 0 spiro atoms. The third kappa shape index (κ3) is 4.58. The summed E-state index contributed by atoms with van der Waals surface area (Å²) in [4.78, 5) is 25.1. The highest BCUT2D eigenvalue weighted by atomic mass is 32.2. The Kier molecular flexibility index (Phi) is 5.10. The number of amides is 2. The van der Waals surface area contributed by atoms with Crippen molar-refractivity contribution in [1.82, 2.24) is 9.62 Å². The number of carbonyl (C=O) groups excluding carboxylic acids is 2. The minimum absolute atomic E-state index is 0.164. The lowest BCUT2D eigenvalue weighted by Gasteiger charge is -2.32. The first-order valence-corrected chi connectivity index (χ1v) is 10.0. The monoisotopic (exact) mass is 365 g/mol. The van der Waals surface area contributed by atoms with E-state index in [4.69, 9.17) is 0 Å². The largest absolute Gasteiger partial charge is 0.342 e. The number of sulfonamides is 1. The second-order valence-corrected chi connectivity index (χ2v) is 8.41. The number of carbonyl (C=O) groups is 2. The van der Waals surface area contributed by atoms with E-state index < -0.39 is 10.0 Å². The number of nitrogens with one attached hydrogen (secondary N) is 2. The van der Waals surface area contributed by atoms with Gasteiger partial charge in [0.25, 0.3) is 0 Å². The Morgan fingerprint density at radius 2 is 1.64 bits per heavy atom. The summed E-state index contributed by atoms with van der Waals surface area (Å²) in [5, 5.41) is 2.60. The molecule has 0 bridgehead atoms. The first-order valence-electron chi connectivity index (χ1n) is 8.54. The molecule has 0 aromatic heterocycles. The van der Waals surface area contributed by atoms with Crippen molar-refractivity contribution >= 4 is 27.5 Å². The fraction of sp³-hybridized carbons (Fsp3) is 0.529. The molecule has 2 N–H and O–H groups in total. The van der Waals surface area contributed by atoms with Crippen molar-refractivity contribution in [3.05, 3.63) is 24.3 Å². The summed E-state index contributed by atoms with van der Waals surface area (Å²) < 4.78 is 27.7. The van der Waals surface area contributed by atoms with Crippen molar-refractivity contribution in [3.63, 3.8) is 0 Å². The number of hydrogen-bond donors (Lipinski definition) is 2. The maximum Gasteiger partial charge on any atom is 0.240 e. The van der Waals surface area contributed by atoms with Gasteiger partial charge in [0.15, 0.2) is 0 Å². The molecule has 0 atom stereocenters. The summed E-state index contributed by atoms with van der Waals surface area (Å²) in [6.07, 6.45) is 3.23. The van der Waals surface area contributed by atoms with Gasteiger partial charge in [0.05, 0.1) is 4.90 Å². The molecule has 8 heteroatoms. The average molecular weight is 365 g/mol. The third-order valence-corrected chi connectivity index (χ3v) is 6.08. The molecule has 1 aromatic carbocycles. The van der Waals surface area contributed by atoms with Crippen molar-refractivity contribution in [2.24, 2.45) is 5.92 Å². The van der Waals surface area contributed by atoms with Crippen molar-refractivity contribution in [2.45, 2.75) is 43.5 Å². The summed E-state index contributed by atoms with van der Waals surface area (Å²) in [7, 11) is -3.61. The summed E-state index contributed by atoms with van der Waals surface area (Å²) in [6.45, 7) is 2.60. The van der Waals surface area contributed by atoms with Crippen LogP contribution in [0.1, 0.15) is 32.6 Å². The molecule has 1 aromatic rings. The molecule has 136 valence electrons. The molecular weight excluding hydrogens is 342 g/mol. The van der Waals surface area contributed by atoms with Gasteiger partial charge in [-0.3, -0.25) is 9.59 Å². The Morgan fingerprint density at radius 1 is 1.04 bits per heavy atom. The Labute approximate surface area is 147 Å². The number of likely N-dealkylation sites (tertiary alicyclic amines) is 1. The van der Waals surface area contributed by atoms with E-state index in [2.05, 4.69) is 10.0 Å². The van der Waals surface area contributed by atoms with Gasteiger partial charge in [0, 0.05) is 37.7 Å². The smallest absolute Gasteiger partial charge is 0.240 e. The summed E-state index contributed by atoms with van der Waals surface area (Å²) in [6, 6.07) is 5.90. The molecule has 2 fully saturated rings. The topological polar surface area (TPSA) is 95.6 Å². The van der Waals surface area contributed by atoms with E-state index in [-0.39, 0.29) is 28.7 Å². The average Bonchev–Trinajstić information content (AvgIpc) is 3.39. The van der Waals surface area contributed by atoms with Gasteiger partial charge in [-0.2, -0.15) is 0 Å². The number of benzene rings is 1. The second kappa shape index (κ2) is 7.13. The molecule has 25 heavy (non-hydrogen) atoms. The number of rotatable bonds is 5. The fourth-order valence-corrected chi connectivity index (χ4v) is 4.32. The van der Waals surface area contributed by atoms with E-state index >= 15 is 0 Å². The zero-order valence-electron chi connectivity index (χ0n) is 14.2. The van der Waals surface area contributed by atoms with Gasteiger partial charge >= 0.3 is 0 Å². The lowest BCUT2D eigenvalue weighted by Crippen LogP contribution is -2.46. The first-order chi connectivity index (χ1) is 11.8. The number of anilines is 1. The molecular formula is C17H23N3O4S. The van der Waals surface area contributed by atoms with Crippen LogP contribution in [-0.4, -0.2) is 44.3 Å². The molecule has 3 rings (SSSR count). The van der Waals surface area contributed by atoms with E-state index in [0.29, 0.717) is 31.6 Å². The minimum Gasteiger partial charge on any atom is -0.342 e. The zero-order chi connectivity index (χ0) is 18.0. The van der Waals surface area contributed by atoms with E-state index in [1.165, 1.54) is 19.1 Å². The summed E-state index contributed by atoms with van der Waals surface area (Å²) in [5.74, 6) is 0.214. The predicted octanol–water partition coefficient (Wildman–Crippen LogP) is 1.32. The van der Waals surface area contributed by atoms with E-state index in [1.54, 1.807) is 12.1 Å². The maximum atomic E-state index is 12.5. The molecule has 1 aliphatic carbocycles. The molecule has 1 aliphatic heterocycles. The van der Waals surface area contributed by atoms with Crippen molar-refractivity contribution in [2.75, 3.05) is 18.4 Å². The standard InChI is InChI=1S/C17H23N3O4S/c1-12(21)18-14-4-6-16(7-5-14)25(23,24)19-15-8-10-20(11-9-15)17(22)13-2-3-13/h4-7,13,15,19H,2-3,8-11H2,1H3,(H,18,21). The Balaban J connectivity index is 1.56. The summed E-state index contributed by atoms with van der Waals surface area (Å²) >= 11 is 0. The van der Waals surface area contributed by atoms with Gasteiger partial charge in [-0.1, -0.05) is 0 Å².